The normalized spacial score (nSPS) is 9.80. The molecular weight excluding hydrogens is 264 g/mol. The summed E-state index contributed by atoms with van der Waals surface area (Å²) in [7, 11) is 3.02. The standard InChI is InChI=1S/C14H18O6/c1-9(15)19-7-11-5-14(18-4)12(6-13(11)17-3)8-20-10(2)16/h5-6H,7-8H2,1-4H3. The van der Waals surface area contributed by atoms with Crippen molar-refractivity contribution in [1.29, 1.82) is 0 Å². The molecule has 6 heteroatoms. The number of hydrogen-bond donors (Lipinski definition) is 0. The van der Waals surface area contributed by atoms with Crippen LogP contribution in [0.15, 0.2) is 12.1 Å². The molecule has 0 N–H and O–H groups in total. The molecule has 0 heterocycles. The van der Waals surface area contributed by atoms with E-state index in [2.05, 4.69) is 0 Å². The molecule has 1 rings (SSSR count). The Bertz CT molecular complexity index is 449. The smallest absolute Gasteiger partial charge is 0.302 e. The number of carbonyl (C=O) groups excluding carboxylic acids is 2. The van der Waals surface area contributed by atoms with Crippen molar-refractivity contribution in [3.8, 4) is 11.5 Å². The van der Waals surface area contributed by atoms with E-state index >= 15 is 0 Å². The lowest BCUT2D eigenvalue weighted by atomic mass is 10.1. The first-order valence-electron chi connectivity index (χ1n) is 5.98. The molecule has 0 aliphatic heterocycles. The van der Waals surface area contributed by atoms with Gasteiger partial charge in [-0.2, -0.15) is 0 Å². The molecule has 0 amide bonds. The molecule has 0 saturated heterocycles. The molecule has 0 bridgehead atoms. The van der Waals surface area contributed by atoms with Crippen LogP contribution >= 0.6 is 0 Å². The molecular formula is C14H18O6. The second-order valence-electron chi connectivity index (χ2n) is 4.04. The summed E-state index contributed by atoms with van der Waals surface area (Å²) in [5, 5.41) is 0. The Morgan fingerprint density at radius 1 is 0.850 bits per heavy atom. The third kappa shape index (κ3) is 4.46. The summed E-state index contributed by atoms with van der Waals surface area (Å²) in [6.45, 7) is 2.84. The topological polar surface area (TPSA) is 71.1 Å². The lowest BCUT2D eigenvalue weighted by Gasteiger charge is -2.14. The quantitative estimate of drug-likeness (QED) is 0.741. The van der Waals surface area contributed by atoms with Crippen molar-refractivity contribution in [2.45, 2.75) is 27.1 Å². The maximum Gasteiger partial charge on any atom is 0.302 e. The van der Waals surface area contributed by atoms with E-state index in [0.29, 0.717) is 22.6 Å². The van der Waals surface area contributed by atoms with Crippen LogP contribution in [0.2, 0.25) is 0 Å². The lowest BCUT2D eigenvalue weighted by Crippen LogP contribution is -2.05. The average molecular weight is 282 g/mol. The van der Waals surface area contributed by atoms with Crippen molar-refractivity contribution >= 4 is 11.9 Å². The fourth-order valence-electron chi connectivity index (χ4n) is 1.61. The Balaban J connectivity index is 3.02. The van der Waals surface area contributed by atoms with Crippen LogP contribution in [0.5, 0.6) is 11.5 Å². The van der Waals surface area contributed by atoms with Crippen molar-refractivity contribution in [1.82, 2.24) is 0 Å². The van der Waals surface area contributed by atoms with Gasteiger partial charge in [-0.05, 0) is 12.1 Å². The summed E-state index contributed by atoms with van der Waals surface area (Å²) in [6, 6.07) is 3.39. The second-order valence-corrected chi connectivity index (χ2v) is 4.04. The number of esters is 2. The molecule has 0 atom stereocenters. The minimum Gasteiger partial charge on any atom is -0.496 e. The van der Waals surface area contributed by atoms with Gasteiger partial charge in [0.2, 0.25) is 0 Å². The van der Waals surface area contributed by atoms with Crippen LogP contribution in [0.25, 0.3) is 0 Å². The SMILES string of the molecule is COc1cc(COC(C)=O)c(OC)cc1COC(C)=O. The molecule has 0 unspecified atom stereocenters. The van der Waals surface area contributed by atoms with Crippen LogP contribution < -0.4 is 9.47 Å². The van der Waals surface area contributed by atoms with Gasteiger partial charge in [0.05, 0.1) is 14.2 Å². The van der Waals surface area contributed by atoms with Gasteiger partial charge in [0.25, 0.3) is 0 Å². The molecule has 6 nitrogen and oxygen atoms in total. The number of methoxy groups -OCH3 is 2. The van der Waals surface area contributed by atoms with E-state index in [1.165, 1.54) is 28.1 Å². The highest BCUT2D eigenvalue weighted by atomic mass is 16.5. The summed E-state index contributed by atoms with van der Waals surface area (Å²) < 4.78 is 20.4. The first-order valence-corrected chi connectivity index (χ1v) is 5.98. The van der Waals surface area contributed by atoms with E-state index in [-0.39, 0.29) is 25.2 Å². The zero-order chi connectivity index (χ0) is 15.1. The van der Waals surface area contributed by atoms with Crippen LogP contribution in [0.1, 0.15) is 25.0 Å². The van der Waals surface area contributed by atoms with Gasteiger partial charge >= 0.3 is 11.9 Å². The third-order valence-corrected chi connectivity index (χ3v) is 2.55. The molecule has 20 heavy (non-hydrogen) atoms. The van der Waals surface area contributed by atoms with Gasteiger partial charge in [0.1, 0.15) is 24.7 Å². The molecule has 0 aliphatic carbocycles. The average Bonchev–Trinajstić information content (AvgIpc) is 2.42. The number of ether oxygens (including phenoxy) is 4. The Labute approximate surface area is 117 Å². The van der Waals surface area contributed by atoms with E-state index in [4.69, 9.17) is 18.9 Å². The van der Waals surface area contributed by atoms with E-state index in [1.54, 1.807) is 12.1 Å². The fraction of sp³-hybridized carbons (Fsp3) is 0.429. The zero-order valence-electron chi connectivity index (χ0n) is 12.0. The van der Waals surface area contributed by atoms with Crippen molar-refractivity contribution < 1.29 is 28.5 Å². The zero-order valence-corrected chi connectivity index (χ0v) is 12.0. The predicted octanol–water partition coefficient (Wildman–Crippen LogP) is 1.83. The number of carbonyl (C=O) groups is 2. The van der Waals surface area contributed by atoms with Crippen LogP contribution in [-0.4, -0.2) is 26.2 Å². The predicted molar refractivity (Wildman–Crippen MR) is 70.5 cm³/mol. The van der Waals surface area contributed by atoms with Crippen LogP contribution in [0.4, 0.5) is 0 Å². The molecule has 0 fully saturated rings. The van der Waals surface area contributed by atoms with Crippen molar-refractivity contribution in [2.75, 3.05) is 14.2 Å². The van der Waals surface area contributed by atoms with E-state index in [0.717, 1.165) is 0 Å². The monoisotopic (exact) mass is 282 g/mol. The maximum absolute atomic E-state index is 10.9. The maximum atomic E-state index is 10.9. The summed E-state index contributed by atoms with van der Waals surface area (Å²) in [6.07, 6.45) is 0. The summed E-state index contributed by atoms with van der Waals surface area (Å²) in [5.41, 5.74) is 1.34. The van der Waals surface area contributed by atoms with Crippen molar-refractivity contribution in [3.63, 3.8) is 0 Å². The minimum absolute atomic E-state index is 0.0860. The molecule has 0 radical (unpaired) electrons. The molecule has 0 aliphatic rings. The van der Waals surface area contributed by atoms with E-state index in [9.17, 15) is 9.59 Å². The van der Waals surface area contributed by atoms with Crippen molar-refractivity contribution in [2.24, 2.45) is 0 Å². The first-order chi connectivity index (χ1) is 9.47. The fourth-order valence-corrected chi connectivity index (χ4v) is 1.61. The molecule has 0 spiro atoms. The largest absolute Gasteiger partial charge is 0.496 e. The summed E-state index contributed by atoms with van der Waals surface area (Å²) in [5.74, 6) is 0.313. The molecule has 0 aromatic heterocycles. The number of rotatable bonds is 6. The second kappa shape index (κ2) is 7.37. The Hall–Kier alpha value is -2.24. The van der Waals surface area contributed by atoms with Gasteiger partial charge in [0.15, 0.2) is 0 Å². The van der Waals surface area contributed by atoms with Crippen LogP contribution in [0.3, 0.4) is 0 Å². The number of benzene rings is 1. The van der Waals surface area contributed by atoms with Gasteiger partial charge in [0, 0.05) is 25.0 Å². The van der Waals surface area contributed by atoms with E-state index < -0.39 is 0 Å². The summed E-state index contributed by atoms with van der Waals surface area (Å²) >= 11 is 0. The minimum atomic E-state index is -0.380. The van der Waals surface area contributed by atoms with Gasteiger partial charge in [-0.1, -0.05) is 0 Å². The number of hydrogen-bond acceptors (Lipinski definition) is 6. The van der Waals surface area contributed by atoms with E-state index in [1.807, 2.05) is 0 Å². The highest BCUT2D eigenvalue weighted by Crippen LogP contribution is 2.30. The van der Waals surface area contributed by atoms with Gasteiger partial charge in [-0.25, -0.2) is 0 Å². The highest BCUT2D eigenvalue weighted by Gasteiger charge is 2.13. The Morgan fingerprint density at radius 3 is 1.45 bits per heavy atom. The molecule has 110 valence electrons. The Kier molecular flexibility index (Phi) is 5.83. The van der Waals surface area contributed by atoms with Gasteiger partial charge < -0.3 is 18.9 Å². The lowest BCUT2D eigenvalue weighted by molar-refractivity contribution is -0.143. The van der Waals surface area contributed by atoms with Crippen LogP contribution in [-0.2, 0) is 32.3 Å². The molecule has 0 saturated carbocycles. The molecule has 1 aromatic rings. The van der Waals surface area contributed by atoms with Gasteiger partial charge in [-0.3, -0.25) is 9.59 Å². The Morgan fingerprint density at radius 2 is 1.20 bits per heavy atom. The van der Waals surface area contributed by atoms with Crippen molar-refractivity contribution in [3.05, 3.63) is 23.3 Å². The van der Waals surface area contributed by atoms with Gasteiger partial charge in [-0.15, -0.1) is 0 Å². The molecule has 1 aromatic carbocycles. The summed E-state index contributed by atoms with van der Waals surface area (Å²) in [4.78, 5) is 21.7. The van der Waals surface area contributed by atoms with Crippen LogP contribution in [0, 0.1) is 0 Å². The highest BCUT2D eigenvalue weighted by molar-refractivity contribution is 5.66. The first kappa shape index (κ1) is 15.8. The third-order valence-electron chi connectivity index (χ3n) is 2.55.